The van der Waals surface area contributed by atoms with E-state index in [-0.39, 0.29) is 22.0 Å². The summed E-state index contributed by atoms with van der Waals surface area (Å²) in [5.41, 5.74) is 4.24. The third-order valence-corrected chi connectivity index (χ3v) is 2.49. The molecule has 0 fully saturated rings. The molecule has 0 aliphatic heterocycles. The van der Waals surface area contributed by atoms with E-state index in [0.717, 1.165) is 12.1 Å². The van der Waals surface area contributed by atoms with Crippen LogP contribution in [-0.4, -0.2) is 6.29 Å². The Labute approximate surface area is 86.0 Å². The molecule has 0 saturated heterocycles. The summed E-state index contributed by atoms with van der Waals surface area (Å²) >= 11 is 2.70. The van der Waals surface area contributed by atoms with Gasteiger partial charge in [-0.3, -0.25) is 4.79 Å². The summed E-state index contributed by atoms with van der Waals surface area (Å²) in [6.45, 7) is 0. The third kappa shape index (κ3) is 1.89. The first-order chi connectivity index (χ1) is 6.38. The maximum absolute atomic E-state index is 12.3. The van der Waals surface area contributed by atoms with Gasteiger partial charge in [0.1, 0.15) is 0 Å². The van der Waals surface area contributed by atoms with E-state index >= 15 is 0 Å². The van der Waals surface area contributed by atoms with Crippen molar-refractivity contribution in [3.63, 3.8) is 0 Å². The van der Waals surface area contributed by atoms with E-state index in [4.69, 9.17) is 5.73 Å². The van der Waals surface area contributed by atoms with Crippen LogP contribution in [0, 0.1) is 0 Å². The minimum absolute atomic E-state index is 0.0138. The highest BCUT2D eigenvalue weighted by Crippen LogP contribution is 2.37. The molecule has 0 aliphatic carbocycles. The maximum atomic E-state index is 12.3. The van der Waals surface area contributed by atoms with Crippen LogP contribution < -0.4 is 5.73 Å². The molecule has 2 N–H and O–H groups in total. The first-order valence-electron chi connectivity index (χ1n) is 3.48. The Morgan fingerprint density at radius 1 is 1.36 bits per heavy atom. The maximum Gasteiger partial charge on any atom is 0.417 e. The molecule has 0 aliphatic rings. The Kier molecular flexibility index (Phi) is 2.84. The lowest BCUT2D eigenvalue weighted by Gasteiger charge is -2.11. The lowest BCUT2D eigenvalue weighted by Crippen LogP contribution is -2.08. The van der Waals surface area contributed by atoms with Crippen LogP contribution in [0.2, 0.25) is 0 Å². The molecule has 0 unspecified atom stereocenters. The van der Waals surface area contributed by atoms with E-state index < -0.39 is 11.7 Å². The molecule has 14 heavy (non-hydrogen) atoms. The standard InChI is InChI=1S/C8H5BrF3NO/c9-7-4(3-14)6(13)2-1-5(7)8(10,11)12/h1-3H,13H2. The molecule has 76 valence electrons. The Hall–Kier alpha value is -1.04. The number of carbonyl (C=O) groups is 1. The molecule has 6 heteroatoms. The van der Waals surface area contributed by atoms with Crippen molar-refractivity contribution >= 4 is 27.9 Å². The Balaban J connectivity index is 3.43. The fourth-order valence-electron chi connectivity index (χ4n) is 0.947. The molecular formula is C8H5BrF3NO. The Morgan fingerprint density at radius 3 is 2.36 bits per heavy atom. The molecule has 1 rings (SSSR count). The van der Waals surface area contributed by atoms with Gasteiger partial charge in [-0.05, 0) is 28.1 Å². The molecular weight excluding hydrogens is 263 g/mol. The summed E-state index contributed by atoms with van der Waals surface area (Å²) in [4.78, 5) is 10.4. The van der Waals surface area contributed by atoms with E-state index in [1.54, 1.807) is 0 Å². The topological polar surface area (TPSA) is 43.1 Å². The van der Waals surface area contributed by atoms with Crippen molar-refractivity contribution in [3.05, 3.63) is 27.7 Å². The van der Waals surface area contributed by atoms with E-state index in [9.17, 15) is 18.0 Å². The van der Waals surface area contributed by atoms with Gasteiger partial charge in [0, 0.05) is 10.2 Å². The lowest BCUT2D eigenvalue weighted by atomic mass is 10.1. The number of aldehydes is 1. The van der Waals surface area contributed by atoms with Gasteiger partial charge in [0.05, 0.1) is 11.1 Å². The number of carbonyl (C=O) groups excluding carboxylic acids is 1. The van der Waals surface area contributed by atoms with Crippen LogP contribution in [0.15, 0.2) is 16.6 Å². The average Bonchev–Trinajstić information content (AvgIpc) is 2.02. The summed E-state index contributed by atoms with van der Waals surface area (Å²) < 4.78 is 36.6. The Bertz CT molecular complexity index is 376. The minimum atomic E-state index is -4.50. The SMILES string of the molecule is Nc1ccc(C(F)(F)F)c(Br)c1C=O. The normalized spacial score (nSPS) is 11.4. The number of alkyl halides is 3. The van der Waals surface area contributed by atoms with Crippen LogP contribution in [-0.2, 0) is 6.18 Å². The average molecular weight is 268 g/mol. The van der Waals surface area contributed by atoms with Crippen LogP contribution >= 0.6 is 15.9 Å². The number of nitrogen functional groups attached to an aromatic ring is 1. The summed E-state index contributed by atoms with van der Waals surface area (Å²) in [5.74, 6) is 0. The van der Waals surface area contributed by atoms with Gasteiger partial charge in [-0.2, -0.15) is 13.2 Å². The molecule has 1 aromatic rings. The molecule has 0 atom stereocenters. The zero-order valence-corrected chi connectivity index (χ0v) is 8.32. The van der Waals surface area contributed by atoms with Gasteiger partial charge in [0.2, 0.25) is 0 Å². The van der Waals surface area contributed by atoms with Crippen LogP contribution in [0.4, 0.5) is 18.9 Å². The van der Waals surface area contributed by atoms with Crippen molar-refractivity contribution in [2.45, 2.75) is 6.18 Å². The van der Waals surface area contributed by atoms with Crippen LogP contribution in [0.25, 0.3) is 0 Å². The second-order valence-corrected chi connectivity index (χ2v) is 3.34. The van der Waals surface area contributed by atoms with Crippen molar-refractivity contribution in [2.24, 2.45) is 0 Å². The smallest absolute Gasteiger partial charge is 0.398 e. The van der Waals surface area contributed by atoms with E-state index in [1.807, 2.05) is 0 Å². The number of hydrogen-bond donors (Lipinski definition) is 1. The minimum Gasteiger partial charge on any atom is -0.398 e. The van der Waals surface area contributed by atoms with Gasteiger partial charge in [-0.1, -0.05) is 0 Å². The lowest BCUT2D eigenvalue weighted by molar-refractivity contribution is -0.138. The number of rotatable bonds is 1. The van der Waals surface area contributed by atoms with Gasteiger partial charge >= 0.3 is 6.18 Å². The second kappa shape index (κ2) is 3.61. The highest BCUT2D eigenvalue weighted by molar-refractivity contribution is 9.10. The van der Waals surface area contributed by atoms with Crippen LogP contribution in [0.5, 0.6) is 0 Å². The fraction of sp³-hybridized carbons (Fsp3) is 0.125. The van der Waals surface area contributed by atoms with Crippen molar-refractivity contribution in [1.29, 1.82) is 0 Å². The number of nitrogens with two attached hydrogens (primary N) is 1. The van der Waals surface area contributed by atoms with Gasteiger partial charge in [-0.25, -0.2) is 0 Å². The third-order valence-electron chi connectivity index (χ3n) is 1.64. The van der Waals surface area contributed by atoms with Crippen molar-refractivity contribution < 1.29 is 18.0 Å². The summed E-state index contributed by atoms with van der Waals surface area (Å²) in [5, 5.41) is 0. The van der Waals surface area contributed by atoms with Gasteiger partial charge in [0.15, 0.2) is 6.29 Å². The first-order valence-corrected chi connectivity index (χ1v) is 4.27. The van der Waals surface area contributed by atoms with Crippen molar-refractivity contribution in [3.8, 4) is 0 Å². The summed E-state index contributed by atoms with van der Waals surface area (Å²) in [6, 6.07) is 1.88. The molecule has 0 bridgehead atoms. The van der Waals surface area contributed by atoms with E-state index in [1.165, 1.54) is 0 Å². The predicted octanol–water partition coefficient (Wildman–Crippen LogP) is 2.86. The first kappa shape index (κ1) is 11.0. The molecule has 0 amide bonds. The Morgan fingerprint density at radius 2 is 1.93 bits per heavy atom. The largest absolute Gasteiger partial charge is 0.417 e. The van der Waals surface area contributed by atoms with Crippen LogP contribution in [0.1, 0.15) is 15.9 Å². The van der Waals surface area contributed by atoms with E-state index in [2.05, 4.69) is 15.9 Å². The van der Waals surface area contributed by atoms with Gasteiger partial charge < -0.3 is 5.73 Å². The second-order valence-electron chi connectivity index (χ2n) is 2.55. The molecule has 0 saturated carbocycles. The monoisotopic (exact) mass is 267 g/mol. The molecule has 2 nitrogen and oxygen atoms in total. The summed E-state index contributed by atoms with van der Waals surface area (Å²) in [6.07, 6.45) is -4.21. The van der Waals surface area contributed by atoms with Crippen LogP contribution in [0.3, 0.4) is 0 Å². The van der Waals surface area contributed by atoms with E-state index in [0.29, 0.717) is 0 Å². The highest BCUT2D eigenvalue weighted by Gasteiger charge is 2.34. The highest BCUT2D eigenvalue weighted by atomic mass is 79.9. The van der Waals surface area contributed by atoms with Crippen molar-refractivity contribution in [1.82, 2.24) is 0 Å². The number of halogens is 4. The van der Waals surface area contributed by atoms with Gasteiger partial charge in [0.25, 0.3) is 0 Å². The predicted molar refractivity (Wildman–Crippen MR) is 48.9 cm³/mol. The molecule has 0 spiro atoms. The molecule has 0 heterocycles. The summed E-state index contributed by atoms with van der Waals surface area (Å²) in [7, 11) is 0. The number of anilines is 1. The zero-order chi connectivity index (χ0) is 10.9. The molecule has 0 aromatic heterocycles. The fourth-order valence-corrected chi connectivity index (χ4v) is 1.63. The zero-order valence-electron chi connectivity index (χ0n) is 6.73. The molecule has 1 aromatic carbocycles. The number of hydrogen-bond acceptors (Lipinski definition) is 2. The van der Waals surface area contributed by atoms with Crippen molar-refractivity contribution in [2.75, 3.05) is 5.73 Å². The number of benzene rings is 1. The van der Waals surface area contributed by atoms with Gasteiger partial charge in [-0.15, -0.1) is 0 Å². The molecule has 0 radical (unpaired) electrons. The quantitative estimate of drug-likeness (QED) is 0.628.